The lowest BCUT2D eigenvalue weighted by atomic mass is 10.1. The highest BCUT2D eigenvalue weighted by atomic mass is 35.5. The minimum Gasteiger partial charge on any atom is -0.378 e. The fourth-order valence-corrected chi connectivity index (χ4v) is 2.33. The van der Waals surface area contributed by atoms with Crippen LogP contribution in [0, 0.1) is 6.92 Å². The quantitative estimate of drug-likeness (QED) is 0.853. The summed E-state index contributed by atoms with van der Waals surface area (Å²) < 4.78 is 0. The summed E-state index contributed by atoms with van der Waals surface area (Å²) >= 11 is 6.04. The van der Waals surface area contributed by atoms with Gasteiger partial charge in [-0.1, -0.05) is 29.8 Å². The molecule has 0 aliphatic heterocycles. The first kappa shape index (κ1) is 15.4. The van der Waals surface area contributed by atoms with Gasteiger partial charge in [-0.25, -0.2) is 0 Å². The van der Waals surface area contributed by atoms with Gasteiger partial charge < -0.3 is 10.6 Å². The van der Waals surface area contributed by atoms with Gasteiger partial charge in [-0.3, -0.25) is 4.79 Å². The van der Waals surface area contributed by atoms with Crippen LogP contribution in [0.2, 0.25) is 5.02 Å². The van der Waals surface area contributed by atoms with Crippen molar-refractivity contribution >= 4 is 28.9 Å². The topological polar surface area (TPSA) is 41.1 Å². The Labute approximate surface area is 130 Å². The SMILES string of the molecule is CC(=O)Nc1cccc(C(C)Nc2cc(Cl)ccc2C)c1. The molecule has 1 atom stereocenters. The maximum absolute atomic E-state index is 11.1. The standard InChI is InChI=1S/C17H19ClN2O/c1-11-7-8-15(18)10-17(11)19-12(2)14-5-4-6-16(9-14)20-13(3)21/h4-10,12,19H,1-3H3,(H,20,21). The second kappa shape index (κ2) is 6.64. The summed E-state index contributed by atoms with van der Waals surface area (Å²) in [5.41, 5.74) is 4.06. The Bertz CT molecular complexity index is 655. The Morgan fingerprint density at radius 1 is 1.19 bits per heavy atom. The zero-order valence-corrected chi connectivity index (χ0v) is 13.2. The zero-order valence-electron chi connectivity index (χ0n) is 12.4. The first-order chi connectivity index (χ1) is 9.95. The lowest BCUT2D eigenvalue weighted by molar-refractivity contribution is -0.114. The van der Waals surface area contributed by atoms with Gasteiger partial charge in [0, 0.05) is 29.4 Å². The molecule has 2 aromatic carbocycles. The van der Waals surface area contributed by atoms with Crippen LogP contribution in [0.15, 0.2) is 42.5 Å². The number of carbonyl (C=O) groups is 1. The van der Waals surface area contributed by atoms with Gasteiger partial charge in [0.2, 0.25) is 5.91 Å². The molecule has 0 aliphatic rings. The van der Waals surface area contributed by atoms with Gasteiger partial charge in [0.1, 0.15) is 0 Å². The maximum Gasteiger partial charge on any atom is 0.221 e. The fraction of sp³-hybridized carbons (Fsp3) is 0.235. The van der Waals surface area contributed by atoms with E-state index in [1.165, 1.54) is 6.92 Å². The first-order valence-corrected chi connectivity index (χ1v) is 7.24. The lowest BCUT2D eigenvalue weighted by Crippen LogP contribution is -2.10. The van der Waals surface area contributed by atoms with Crippen LogP contribution in [-0.4, -0.2) is 5.91 Å². The molecule has 0 saturated heterocycles. The molecule has 0 fully saturated rings. The van der Waals surface area contributed by atoms with Crippen molar-refractivity contribution in [2.24, 2.45) is 0 Å². The van der Waals surface area contributed by atoms with Crippen LogP contribution in [0.4, 0.5) is 11.4 Å². The van der Waals surface area contributed by atoms with Crippen LogP contribution in [0.3, 0.4) is 0 Å². The molecule has 2 N–H and O–H groups in total. The van der Waals surface area contributed by atoms with E-state index in [0.717, 1.165) is 22.5 Å². The Kier molecular flexibility index (Phi) is 4.86. The second-order valence-electron chi connectivity index (χ2n) is 5.13. The van der Waals surface area contributed by atoms with E-state index in [0.29, 0.717) is 5.02 Å². The summed E-state index contributed by atoms with van der Waals surface area (Å²) in [5, 5.41) is 6.96. The summed E-state index contributed by atoms with van der Waals surface area (Å²) in [4.78, 5) is 11.1. The average molecular weight is 303 g/mol. The van der Waals surface area contributed by atoms with Gasteiger partial charge in [0.05, 0.1) is 0 Å². The number of carbonyl (C=O) groups excluding carboxylic acids is 1. The van der Waals surface area contributed by atoms with Gasteiger partial charge in [-0.05, 0) is 49.2 Å². The molecule has 0 saturated carbocycles. The highest BCUT2D eigenvalue weighted by Crippen LogP contribution is 2.26. The number of hydrogen-bond donors (Lipinski definition) is 2. The monoisotopic (exact) mass is 302 g/mol. The molecule has 1 amide bonds. The number of halogens is 1. The summed E-state index contributed by atoms with van der Waals surface area (Å²) in [6.45, 7) is 5.62. The summed E-state index contributed by atoms with van der Waals surface area (Å²) in [7, 11) is 0. The van der Waals surface area contributed by atoms with Gasteiger partial charge in [0.25, 0.3) is 0 Å². The average Bonchev–Trinajstić information content (AvgIpc) is 2.42. The van der Waals surface area contributed by atoms with E-state index in [1.54, 1.807) is 0 Å². The Morgan fingerprint density at radius 3 is 2.67 bits per heavy atom. The Balaban J connectivity index is 2.18. The highest BCUT2D eigenvalue weighted by molar-refractivity contribution is 6.30. The van der Waals surface area contributed by atoms with Crippen molar-refractivity contribution in [3.63, 3.8) is 0 Å². The molecule has 4 heteroatoms. The Hall–Kier alpha value is -2.00. The van der Waals surface area contributed by atoms with Crippen molar-refractivity contribution in [1.82, 2.24) is 0 Å². The van der Waals surface area contributed by atoms with E-state index < -0.39 is 0 Å². The van der Waals surface area contributed by atoms with Crippen molar-refractivity contribution in [2.75, 3.05) is 10.6 Å². The fourth-order valence-electron chi connectivity index (χ4n) is 2.16. The predicted molar refractivity (Wildman–Crippen MR) is 89.0 cm³/mol. The smallest absolute Gasteiger partial charge is 0.221 e. The highest BCUT2D eigenvalue weighted by Gasteiger charge is 2.08. The summed E-state index contributed by atoms with van der Waals surface area (Å²) in [6, 6.07) is 13.7. The molecule has 1 unspecified atom stereocenters. The molecule has 3 nitrogen and oxygen atoms in total. The molecule has 0 spiro atoms. The van der Waals surface area contributed by atoms with E-state index in [9.17, 15) is 4.79 Å². The number of anilines is 2. The Morgan fingerprint density at radius 2 is 1.95 bits per heavy atom. The largest absolute Gasteiger partial charge is 0.378 e. The minimum absolute atomic E-state index is 0.0709. The lowest BCUT2D eigenvalue weighted by Gasteiger charge is -2.18. The molecule has 2 rings (SSSR count). The summed E-state index contributed by atoms with van der Waals surface area (Å²) in [6.07, 6.45) is 0. The van der Waals surface area contributed by atoms with Gasteiger partial charge in [0.15, 0.2) is 0 Å². The molecule has 0 aliphatic carbocycles. The van der Waals surface area contributed by atoms with Crippen molar-refractivity contribution < 1.29 is 4.79 Å². The molecule has 2 aromatic rings. The van der Waals surface area contributed by atoms with E-state index >= 15 is 0 Å². The molecular formula is C17H19ClN2O. The van der Waals surface area contributed by atoms with E-state index in [1.807, 2.05) is 49.4 Å². The molecule has 0 bridgehead atoms. The van der Waals surface area contributed by atoms with Crippen LogP contribution in [-0.2, 0) is 4.79 Å². The molecule has 0 aromatic heterocycles. The maximum atomic E-state index is 11.1. The zero-order chi connectivity index (χ0) is 15.4. The molecular weight excluding hydrogens is 284 g/mol. The van der Waals surface area contributed by atoms with Crippen molar-refractivity contribution in [3.8, 4) is 0 Å². The number of amides is 1. The molecule has 21 heavy (non-hydrogen) atoms. The summed E-state index contributed by atoms with van der Waals surface area (Å²) in [5.74, 6) is -0.0709. The number of nitrogens with one attached hydrogen (secondary N) is 2. The first-order valence-electron chi connectivity index (χ1n) is 6.86. The molecule has 0 radical (unpaired) electrons. The van der Waals surface area contributed by atoms with Gasteiger partial charge in [-0.15, -0.1) is 0 Å². The van der Waals surface area contributed by atoms with Crippen molar-refractivity contribution in [3.05, 3.63) is 58.6 Å². The van der Waals surface area contributed by atoms with Crippen LogP contribution < -0.4 is 10.6 Å². The number of aryl methyl sites for hydroxylation is 1. The third kappa shape index (κ3) is 4.23. The number of benzene rings is 2. The van der Waals surface area contributed by atoms with Crippen LogP contribution in [0.1, 0.15) is 31.0 Å². The number of hydrogen-bond acceptors (Lipinski definition) is 2. The third-order valence-electron chi connectivity index (χ3n) is 3.28. The van der Waals surface area contributed by atoms with E-state index in [-0.39, 0.29) is 11.9 Å². The molecule has 0 heterocycles. The van der Waals surface area contributed by atoms with Crippen LogP contribution >= 0.6 is 11.6 Å². The minimum atomic E-state index is -0.0709. The van der Waals surface area contributed by atoms with Crippen LogP contribution in [0.25, 0.3) is 0 Å². The van der Waals surface area contributed by atoms with Crippen LogP contribution in [0.5, 0.6) is 0 Å². The predicted octanol–water partition coefficient (Wildman–Crippen LogP) is 4.78. The third-order valence-corrected chi connectivity index (χ3v) is 3.51. The van der Waals surface area contributed by atoms with Crippen molar-refractivity contribution in [2.45, 2.75) is 26.8 Å². The van der Waals surface area contributed by atoms with Gasteiger partial charge in [-0.2, -0.15) is 0 Å². The number of rotatable bonds is 4. The molecule has 110 valence electrons. The van der Waals surface area contributed by atoms with Crippen molar-refractivity contribution in [1.29, 1.82) is 0 Å². The normalized spacial score (nSPS) is 11.8. The van der Waals surface area contributed by atoms with Gasteiger partial charge >= 0.3 is 0 Å². The second-order valence-corrected chi connectivity index (χ2v) is 5.57. The van der Waals surface area contributed by atoms with E-state index in [2.05, 4.69) is 17.6 Å². The van der Waals surface area contributed by atoms with E-state index in [4.69, 9.17) is 11.6 Å².